The molecule has 0 amide bonds. The molecule has 0 aliphatic carbocycles. The maximum absolute atomic E-state index is 6.20. The highest BCUT2D eigenvalue weighted by atomic mass is 35.5. The fraction of sp³-hybridized carbons (Fsp3) is 0.357. The van der Waals surface area contributed by atoms with Crippen LogP contribution in [0.2, 0.25) is 5.02 Å². The molecule has 1 aromatic carbocycles. The van der Waals surface area contributed by atoms with Gasteiger partial charge in [-0.3, -0.25) is 9.88 Å². The van der Waals surface area contributed by atoms with Crippen LogP contribution in [0.5, 0.6) is 0 Å². The van der Waals surface area contributed by atoms with Gasteiger partial charge in [-0.25, -0.2) is 0 Å². The van der Waals surface area contributed by atoms with E-state index in [2.05, 4.69) is 16.0 Å². The van der Waals surface area contributed by atoms with Crippen LogP contribution in [0.4, 0.5) is 0 Å². The molecule has 1 aliphatic heterocycles. The Morgan fingerprint density at radius 2 is 2.21 bits per heavy atom. The minimum absolute atomic E-state index is 0. The van der Waals surface area contributed by atoms with Crippen LogP contribution in [0.25, 0.3) is 10.9 Å². The van der Waals surface area contributed by atoms with Crippen molar-refractivity contribution >= 4 is 34.9 Å². The Balaban J connectivity index is 0.00000133. The third-order valence-corrected chi connectivity index (χ3v) is 3.83. The van der Waals surface area contributed by atoms with Crippen LogP contribution in [0, 0.1) is 0 Å². The molecule has 1 fully saturated rings. The minimum Gasteiger partial charge on any atom is -0.326 e. The molecule has 1 saturated heterocycles. The lowest BCUT2D eigenvalue weighted by molar-refractivity contribution is 0.328. The average molecular weight is 298 g/mol. The Bertz CT molecular complexity index is 574. The van der Waals surface area contributed by atoms with E-state index in [0.29, 0.717) is 6.04 Å². The van der Waals surface area contributed by atoms with E-state index >= 15 is 0 Å². The number of nitrogens with zero attached hydrogens (tertiary/aromatic N) is 2. The summed E-state index contributed by atoms with van der Waals surface area (Å²) in [6.45, 7) is 2.94. The summed E-state index contributed by atoms with van der Waals surface area (Å²) < 4.78 is 0. The van der Waals surface area contributed by atoms with Crippen molar-refractivity contribution < 1.29 is 0 Å². The number of benzene rings is 1. The van der Waals surface area contributed by atoms with Gasteiger partial charge in [0.05, 0.1) is 5.52 Å². The third kappa shape index (κ3) is 3.00. The van der Waals surface area contributed by atoms with Crippen LogP contribution >= 0.6 is 24.0 Å². The van der Waals surface area contributed by atoms with Crippen LogP contribution in [0.3, 0.4) is 0 Å². The molecule has 2 heterocycles. The summed E-state index contributed by atoms with van der Waals surface area (Å²) in [5.41, 5.74) is 8.17. The van der Waals surface area contributed by atoms with Gasteiger partial charge in [0.2, 0.25) is 0 Å². The lowest BCUT2D eigenvalue weighted by Crippen LogP contribution is -2.26. The average Bonchev–Trinajstić information content (AvgIpc) is 2.79. The second-order valence-corrected chi connectivity index (χ2v) is 5.30. The number of aromatic nitrogens is 1. The normalized spacial score (nSPS) is 19.6. The van der Waals surface area contributed by atoms with E-state index in [0.717, 1.165) is 42.0 Å². The first-order chi connectivity index (χ1) is 8.74. The van der Waals surface area contributed by atoms with Crippen LogP contribution in [0.15, 0.2) is 30.5 Å². The fourth-order valence-corrected chi connectivity index (χ4v) is 2.79. The highest BCUT2D eigenvalue weighted by Gasteiger charge is 2.19. The SMILES string of the molecule is Cl.NC1CCN(Cc2ccc(Cl)c3cccnc23)C1. The third-order valence-electron chi connectivity index (χ3n) is 3.50. The molecule has 0 radical (unpaired) electrons. The molecule has 1 atom stereocenters. The van der Waals surface area contributed by atoms with Crippen molar-refractivity contribution in [2.75, 3.05) is 13.1 Å². The first kappa shape index (κ1) is 14.5. The number of hydrogen-bond donors (Lipinski definition) is 1. The quantitative estimate of drug-likeness (QED) is 0.927. The van der Waals surface area contributed by atoms with Crippen LogP contribution in [-0.4, -0.2) is 29.0 Å². The molecule has 1 unspecified atom stereocenters. The molecular formula is C14H17Cl2N3. The largest absolute Gasteiger partial charge is 0.326 e. The van der Waals surface area contributed by atoms with Crippen molar-refractivity contribution in [3.8, 4) is 0 Å². The molecule has 3 rings (SSSR count). The predicted molar refractivity (Wildman–Crippen MR) is 81.9 cm³/mol. The summed E-state index contributed by atoms with van der Waals surface area (Å²) in [5.74, 6) is 0. The van der Waals surface area contributed by atoms with Crippen molar-refractivity contribution in [3.05, 3.63) is 41.0 Å². The first-order valence-corrected chi connectivity index (χ1v) is 6.62. The zero-order valence-electron chi connectivity index (χ0n) is 10.6. The molecule has 0 saturated carbocycles. The number of fused-ring (bicyclic) bond motifs is 1. The van der Waals surface area contributed by atoms with Gasteiger partial charge in [-0.2, -0.15) is 0 Å². The van der Waals surface area contributed by atoms with E-state index in [1.54, 1.807) is 0 Å². The zero-order valence-corrected chi connectivity index (χ0v) is 12.1. The second kappa shape index (κ2) is 6.06. The minimum atomic E-state index is 0. The lowest BCUT2D eigenvalue weighted by Gasteiger charge is -2.16. The van der Waals surface area contributed by atoms with E-state index in [1.807, 2.05) is 24.4 Å². The summed E-state index contributed by atoms with van der Waals surface area (Å²) in [6, 6.07) is 8.28. The Kier molecular flexibility index (Phi) is 4.63. The van der Waals surface area contributed by atoms with E-state index in [-0.39, 0.29) is 12.4 Å². The molecule has 5 heteroatoms. The molecule has 0 bridgehead atoms. The van der Waals surface area contributed by atoms with Crippen LogP contribution in [0.1, 0.15) is 12.0 Å². The van der Waals surface area contributed by atoms with Crippen molar-refractivity contribution in [3.63, 3.8) is 0 Å². The number of likely N-dealkylation sites (tertiary alicyclic amines) is 1. The molecule has 1 aliphatic rings. The Morgan fingerprint density at radius 1 is 1.37 bits per heavy atom. The number of nitrogens with two attached hydrogens (primary N) is 1. The summed E-state index contributed by atoms with van der Waals surface area (Å²) in [5, 5.41) is 1.79. The molecule has 0 spiro atoms. The smallest absolute Gasteiger partial charge is 0.0761 e. The molecule has 1 aromatic heterocycles. The maximum Gasteiger partial charge on any atom is 0.0761 e. The van der Waals surface area contributed by atoms with Gasteiger partial charge in [-0.1, -0.05) is 17.7 Å². The monoisotopic (exact) mass is 297 g/mol. The van der Waals surface area contributed by atoms with Gasteiger partial charge in [0.1, 0.15) is 0 Å². The van der Waals surface area contributed by atoms with Gasteiger partial charge >= 0.3 is 0 Å². The Labute approximate surface area is 124 Å². The van der Waals surface area contributed by atoms with Gasteiger partial charge < -0.3 is 5.73 Å². The molecule has 2 N–H and O–H groups in total. The highest BCUT2D eigenvalue weighted by Crippen LogP contribution is 2.26. The molecule has 3 nitrogen and oxygen atoms in total. The topological polar surface area (TPSA) is 42.1 Å². The summed E-state index contributed by atoms with van der Waals surface area (Å²) in [6.07, 6.45) is 2.90. The number of pyridine rings is 1. The van der Waals surface area contributed by atoms with Crippen molar-refractivity contribution in [1.82, 2.24) is 9.88 Å². The zero-order chi connectivity index (χ0) is 12.5. The Morgan fingerprint density at radius 3 is 2.95 bits per heavy atom. The first-order valence-electron chi connectivity index (χ1n) is 6.24. The number of halogens is 2. The fourth-order valence-electron chi connectivity index (χ4n) is 2.57. The standard InChI is InChI=1S/C14H16ClN3.ClH/c15-13-4-3-10(8-18-7-5-11(16)9-18)14-12(13)2-1-6-17-14;/h1-4,6,11H,5,7-9,16H2;1H. The molecule has 102 valence electrons. The number of hydrogen-bond acceptors (Lipinski definition) is 3. The summed E-state index contributed by atoms with van der Waals surface area (Å²) >= 11 is 6.20. The Hall–Kier alpha value is -0.870. The molecule has 2 aromatic rings. The van der Waals surface area contributed by atoms with Crippen molar-refractivity contribution in [1.29, 1.82) is 0 Å². The van der Waals surface area contributed by atoms with Crippen LogP contribution in [-0.2, 0) is 6.54 Å². The highest BCUT2D eigenvalue weighted by molar-refractivity contribution is 6.35. The van der Waals surface area contributed by atoms with Gasteiger partial charge in [-0.05, 0) is 30.2 Å². The van der Waals surface area contributed by atoms with Crippen molar-refractivity contribution in [2.45, 2.75) is 19.0 Å². The van der Waals surface area contributed by atoms with E-state index in [1.165, 1.54) is 5.56 Å². The second-order valence-electron chi connectivity index (χ2n) is 4.89. The maximum atomic E-state index is 6.20. The van der Waals surface area contributed by atoms with Gasteiger partial charge in [0, 0.05) is 42.3 Å². The number of rotatable bonds is 2. The van der Waals surface area contributed by atoms with Gasteiger partial charge in [-0.15, -0.1) is 12.4 Å². The van der Waals surface area contributed by atoms with Crippen LogP contribution < -0.4 is 5.73 Å². The summed E-state index contributed by atoms with van der Waals surface area (Å²) in [7, 11) is 0. The molecule has 19 heavy (non-hydrogen) atoms. The van der Waals surface area contributed by atoms with Gasteiger partial charge in [0.25, 0.3) is 0 Å². The lowest BCUT2D eigenvalue weighted by atomic mass is 10.1. The van der Waals surface area contributed by atoms with Crippen molar-refractivity contribution in [2.24, 2.45) is 5.73 Å². The van der Waals surface area contributed by atoms with E-state index < -0.39 is 0 Å². The predicted octanol–water partition coefficient (Wildman–Crippen LogP) is 2.84. The summed E-state index contributed by atoms with van der Waals surface area (Å²) in [4.78, 5) is 6.84. The van der Waals surface area contributed by atoms with E-state index in [9.17, 15) is 0 Å². The van der Waals surface area contributed by atoms with E-state index in [4.69, 9.17) is 17.3 Å². The molecular weight excluding hydrogens is 281 g/mol. The van der Waals surface area contributed by atoms with Gasteiger partial charge in [0.15, 0.2) is 0 Å².